The van der Waals surface area contributed by atoms with E-state index in [1.807, 2.05) is 12.1 Å². The average Bonchev–Trinajstić information content (AvgIpc) is 2.92. The predicted octanol–water partition coefficient (Wildman–Crippen LogP) is 2.80. The number of aromatic nitrogens is 1. The molecule has 0 saturated carbocycles. The Kier molecular flexibility index (Phi) is 1.99. The Labute approximate surface area is 92.0 Å². The molecule has 0 aromatic carbocycles. The van der Waals surface area contributed by atoms with Gasteiger partial charge in [0.2, 0.25) is 5.78 Å². The summed E-state index contributed by atoms with van der Waals surface area (Å²) in [6.45, 7) is 0. The highest BCUT2D eigenvalue weighted by Gasteiger charge is 2.19. The third kappa shape index (κ3) is 1.43. The Balaban J connectivity index is 1.97. The van der Waals surface area contributed by atoms with E-state index in [9.17, 15) is 4.79 Å². The first-order chi connectivity index (χ1) is 7.34. The maximum Gasteiger partial charge on any atom is 0.219 e. The van der Waals surface area contributed by atoms with E-state index in [1.54, 1.807) is 17.5 Å². The standard InChI is InChI=1S/C12H11NOS/c14-12(9-4-2-6-13-9)11-7-8-3-1-5-10(8)15-11/h2,4,6-7,13H,1,3,5H2. The van der Waals surface area contributed by atoms with Crippen molar-refractivity contribution in [2.75, 3.05) is 0 Å². The molecule has 0 amide bonds. The minimum absolute atomic E-state index is 0.124. The van der Waals surface area contributed by atoms with Gasteiger partial charge in [-0.05, 0) is 43.0 Å². The van der Waals surface area contributed by atoms with Gasteiger partial charge in [0.1, 0.15) is 0 Å². The number of H-pyrrole nitrogens is 1. The van der Waals surface area contributed by atoms with E-state index in [1.165, 1.54) is 16.9 Å². The van der Waals surface area contributed by atoms with Gasteiger partial charge in [0.25, 0.3) is 0 Å². The summed E-state index contributed by atoms with van der Waals surface area (Å²) >= 11 is 1.66. The van der Waals surface area contributed by atoms with E-state index < -0.39 is 0 Å². The Morgan fingerprint density at radius 3 is 3.07 bits per heavy atom. The number of thiophene rings is 1. The molecule has 0 atom stereocenters. The minimum Gasteiger partial charge on any atom is -0.358 e. The number of aromatic amines is 1. The van der Waals surface area contributed by atoms with Crippen LogP contribution in [0.5, 0.6) is 0 Å². The molecule has 0 fully saturated rings. The van der Waals surface area contributed by atoms with Gasteiger partial charge >= 0.3 is 0 Å². The molecule has 2 nitrogen and oxygen atoms in total. The summed E-state index contributed by atoms with van der Waals surface area (Å²) in [6.07, 6.45) is 5.33. The average molecular weight is 217 g/mol. The van der Waals surface area contributed by atoms with Gasteiger partial charge in [-0.25, -0.2) is 0 Å². The smallest absolute Gasteiger partial charge is 0.219 e. The van der Waals surface area contributed by atoms with Gasteiger partial charge < -0.3 is 4.98 Å². The summed E-state index contributed by atoms with van der Waals surface area (Å²) in [5, 5.41) is 0. The fraction of sp³-hybridized carbons (Fsp3) is 0.250. The van der Waals surface area contributed by atoms with Crippen molar-refractivity contribution in [3.05, 3.63) is 45.4 Å². The Bertz CT molecular complexity index is 474. The van der Waals surface area contributed by atoms with Crippen molar-refractivity contribution >= 4 is 17.1 Å². The van der Waals surface area contributed by atoms with Crippen molar-refractivity contribution in [2.45, 2.75) is 19.3 Å². The first-order valence-corrected chi connectivity index (χ1v) is 5.96. The predicted molar refractivity (Wildman–Crippen MR) is 60.6 cm³/mol. The summed E-state index contributed by atoms with van der Waals surface area (Å²) < 4.78 is 0. The second kappa shape index (κ2) is 3.35. The summed E-state index contributed by atoms with van der Waals surface area (Å²) in [4.78, 5) is 17.2. The number of nitrogens with one attached hydrogen (secondary N) is 1. The summed E-state index contributed by atoms with van der Waals surface area (Å²) in [6, 6.07) is 5.75. The lowest BCUT2D eigenvalue weighted by molar-refractivity contribution is 0.103. The lowest BCUT2D eigenvalue weighted by atomic mass is 10.2. The summed E-state index contributed by atoms with van der Waals surface area (Å²) in [5.41, 5.74) is 2.07. The van der Waals surface area contributed by atoms with Crippen LogP contribution in [0.15, 0.2) is 24.4 Å². The molecule has 0 aliphatic heterocycles. The zero-order valence-corrected chi connectivity index (χ0v) is 9.06. The van der Waals surface area contributed by atoms with E-state index >= 15 is 0 Å². The maximum absolute atomic E-state index is 12.0. The number of rotatable bonds is 2. The number of fused-ring (bicyclic) bond motifs is 1. The fourth-order valence-electron chi connectivity index (χ4n) is 2.05. The molecular weight excluding hydrogens is 206 g/mol. The van der Waals surface area contributed by atoms with Crippen LogP contribution in [0.4, 0.5) is 0 Å². The summed E-state index contributed by atoms with van der Waals surface area (Å²) in [5.74, 6) is 0.124. The van der Waals surface area contributed by atoms with Crippen molar-refractivity contribution in [1.29, 1.82) is 0 Å². The molecular formula is C12H11NOS. The molecule has 76 valence electrons. The quantitative estimate of drug-likeness (QED) is 0.771. The van der Waals surface area contributed by atoms with Crippen LogP contribution in [0.1, 0.15) is 32.2 Å². The van der Waals surface area contributed by atoms with Crippen LogP contribution in [-0.4, -0.2) is 10.8 Å². The molecule has 2 heterocycles. The van der Waals surface area contributed by atoms with E-state index in [-0.39, 0.29) is 5.78 Å². The van der Waals surface area contributed by atoms with Gasteiger partial charge in [0.05, 0.1) is 10.6 Å². The Hall–Kier alpha value is -1.35. The molecule has 0 radical (unpaired) electrons. The number of carbonyl (C=O) groups excluding carboxylic acids is 1. The van der Waals surface area contributed by atoms with E-state index in [2.05, 4.69) is 11.1 Å². The lowest BCUT2D eigenvalue weighted by Gasteiger charge is -1.93. The van der Waals surface area contributed by atoms with Crippen LogP contribution in [-0.2, 0) is 12.8 Å². The third-order valence-corrected chi connectivity index (χ3v) is 4.05. The number of aryl methyl sites for hydroxylation is 2. The van der Waals surface area contributed by atoms with Crippen molar-refractivity contribution in [1.82, 2.24) is 4.98 Å². The number of hydrogen-bond acceptors (Lipinski definition) is 2. The topological polar surface area (TPSA) is 32.9 Å². The van der Waals surface area contributed by atoms with E-state index in [0.717, 1.165) is 17.7 Å². The zero-order chi connectivity index (χ0) is 10.3. The van der Waals surface area contributed by atoms with Crippen molar-refractivity contribution in [3.63, 3.8) is 0 Å². The molecule has 0 spiro atoms. The molecule has 1 aliphatic rings. The molecule has 15 heavy (non-hydrogen) atoms. The second-order valence-electron chi connectivity index (χ2n) is 3.83. The highest BCUT2D eigenvalue weighted by atomic mass is 32.1. The lowest BCUT2D eigenvalue weighted by Crippen LogP contribution is -1.98. The normalized spacial score (nSPS) is 14.1. The molecule has 2 aromatic heterocycles. The van der Waals surface area contributed by atoms with Crippen LogP contribution in [0.2, 0.25) is 0 Å². The number of carbonyl (C=O) groups is 1. The minimum atomic E-state index is 0.124. The van der Waals surface area contributed by atoms with Gasteiger partial charge in [-0.1, -0.05) is 0 Å². The van der Waals surface area contributed by atoms with E-state index in [0.29, 0.717) is 5.69 Å². The Morgan fingerprint density at radius 1 is 1.40 bits per heavy atom. The van der Waals surface area contributed by atoms with Gasteiger partial charge in [-0.15, -0.1) is 11.3 Å². The van der Waals surface area contributed by atoms with Crippen LogP contribution in [0.25, 0.3) is 0 Å². The SMILES string of the molecule is O=C(c1ccc[nH]1)c1cc2c(s1)CCC2. The fourth-order valence-corrected chi connectivity index (χ4v) is 3.25. The highest BCUT2D eigenvalue weighted by Crippen LogP contribution is 2.31. The largest absolute Gasteiger partial charge is 0.358 e. The first-order valence-electron chi connectivity index (χ1n) is 5.14. The van der Waals surface area contributed by atoms with Gasteiger partial charge in [0, 0.05) is 11.1 Å². The molecule has 2 aromatic rings. The van der Waals surface area contributed by atoms with Crippen molar-refractivity contribution in [3.8, 4) is 0 Å². The number of hydrogen-bond donors (Lipinski definition) is 1. The third-order valence-electron chi connectivity index (χ3n) is 2.81. The molecule has 3 rings (SSSR count). The van der Waals surface area contributed by atoms with E-state index in [4.69, 9.17) is 0 Å². The molecule has 0 bridgehead atoms. The monoisotopic (exact) mass is 217 g/mol. The zero-order valence-electron chi connectivity index (χ0n) is 8.25. The number of ketones is 1. The molecule has 0 unspecified atom stereocenters. The van der Waals surface area contributed by atoms with Gasteiger partial charge in [0.15, 0.2) is 0 Å². The molecule has 1 aliphatic carbocycles. The van der Waals surface area contributed by atoms with Gasteiger partial charge in [-0.3, -0.25) is 4.79 Å². The van der Waals surface area contributed by atoms with Crippen LogP contribution in [0.3, 0.4) is 0 Å². The second-order valence-corrected chi connectivity index (χ2v) is 4.96. The van der Waals surface area contributed by atoms with Crippen LogP contribution >= 0.6 is 11.3 Å². The van der Waals surface area contributed by atoms with Gasteiger partial charge in [-0.2, -0.15) is 0 Å². The summed E-state index contributed by atoms with van der Waals surface area (Å²) in [7, 11) is 0. The molecule has 1 N–H and O–H groups in total. The van der Waals surface area contributed by atoms with Crippen LogP contribution in [0, 0.1) is 0 Å². The van der Waals surface area contributed by atoms with Crippen molar-refractivity contribution in [2.24, 2.45) is 0 Å². The molecule has 0 saturated heterocycles. The first kappa shape index (κ1) is 8.92. The highest BCUT2D eigenvalue weighted by molar-refractivity contribution is 7.14. The van der Waals surface area contributed by atoms with Crippen molar-refractivity contribution < 1.29 is 4.79 Å². The van der Waals surface area contributed by atoms with Crippen LogP contribution < -0.4 is 0 Å². The Morgan fingerprint density at radius 2 is 2.33 bits per heavy atom. The molecule has 3 heteroatoms. The maximum atomic E-state index is 12.0.